The fraction of sp³-hybridized carbons (Fsp3) is 0.157. The first-order valence-electron chi connectivity index (χ1n) is 36.3. The van der Waals surface area contributed by atoms with Crippen LogP contribution in [0.15, 0.2) is 279 Å². The molecule has 5 N–H and O–H groups in total. The van der Waals surface area contributed by atoms with Crippen molar-refractivity contribution >= 4 is 51.3 Å². The van der Waals surface area contributed by atoms with Crippen LogP contribution in [0.5, 0.6) is 5.75 Å². The molecule has 1 atom stereocenters. The minimum absolute atomic E-state index is 0.0296. The number of benzene rings is 6. The van der Waals surface area contributed by atoms with Gasteiger partial charge in [0.15, 0.2) is 5.60 Å². The molecule has 14 aromatic rings. The number of carbonyl (C=O) groups is 3. The molecular weight excluding hydrogens is 1710 g/mol. The van der Waals surface area contributed by atoms with Gasteiger partial charge < -0.3 is 25.4 Å². The summed E-state index contributed by atoms with van der Waals surface area (Å²) in [6, 6.07) is 52.4. The Morgan fingerprint density at radius 2 is 0.825 bits per heavy atom. The lowest BCUT2D eigenvalue weighted by Gasteiger charge is -2.32. The van der Waals surface area contributed by atoms with E-state index in [1.807, 2.05) is 94.7 Å². The fourth-order valence-corrected chi connectivity index (χ4v) is 13.2. The summed E-state index contributed by atoms with van der Waals surface area (Å²) >= 11 is 0. The van der Waals surface area contributed by atoms with E-state index in [9.17, 15) is 104 Å². The number of amides is 3. The van der Waals surface area contributed by atoms with E-state index in [-0.39, 0.29) is 69.7 Å². The molecule has 652 valence electrons. The second kappa shape index (κ2) is 37.1. The van der Waals surface area contributed by atoms with Gasteiger partial charge in [0.25, 0.3) is 21.2 Å². The molecule has 126 heavy (non-hydrogen) atoms. The van der Waals surface area contributed by atoms with Crippen molar-refractivity contribution in [1.29, 1.82) is 0 Å². The minimum Gasteiger partial charge on any atom is -0.497 e. The van der Waals surface area contributed by atoms with Gasteiger partial charge in [-0.25, -0.2) is 36.7 Å². The van der Waals surface area contributed by atoms with Gasteiger partial charge in [-0.05, 0) is 140 Å². The van der Waals surface area contributed by atoms with Crippen LogP contribution in [0.4, 0.5) is 83.3 Å². The molecule has 0 saturated carbocycles. The number of hydrogen-bond acceptors (Lipinski definition) is 19. The molecule has 15 rings (SSSR count). The number of carbonyl (C=O) groups excluding carboxylic acids is 5. The van der Waals surface area contributed by atoms with Crippen LogP contribution in [0.2, 0.25) is 0 Å². The van der Waals surface area contributed by atoms with Crippen LogP contribution < -0.4 is 19.7 Å². The van der Waals surface area contributed by atoms with Crippen LogP contribution in [0.1, 0.15) is 43.4 Å². The number of halogens is 15. The first-order valence-corrected chi connectivity index (χ1v) is 37.8. The molecule has 27 nitrogen and oxygen atoms in total. The van der Waals surface area contributed by atoms with E-state index in [4.69, 9.17) is 14.3 Å². The van der Waals surface area contributed by atoms with Crippen molar-refractivity contribution in [3.05, 3.63) is 291 Å². The molecule has 0 spiro atoms. The molecule has 1 aliphatic rings. The van der Waals surface area contributed by atoms with Gasteiger partial charge in [-0.1, -0.05) is 72.8 Å². The Balaban J connectivity index is 0.000000163. The maximum absolute atomic E-state index is 13.2. The van der Waals surface area contributed by atoms with Gasteiger partial charge in [-0.3, -0.25) is 34.1 Å². The normalized spacial score (nSPS) is 13.1. The first kappa shape index (κ1) is 91.9. The van der Waals surface area contributed by atoms with E-state index in [0.717, 1.165) is 73.3 Å². The molecule has 9 heterocycles. The molecule has 0 bridgehead atoms. The third kappa shape index (κ3) is 20.1. The van der Waals surface area contributed by atoms with E-state index >= 15 is 0 Å². The first-order chi connectivity index (χ1) is 59.4. The number of pyridine rings is 3. The number of imide groups is 1. The quantitative estimate of drug-likeness (QED) is 0.0393. The Bertz CT molecular complexity index is 6130. The van der Waals surface area contributed by atoms with E-state index in [0.29, 0.717) is 65.0 Å². The Hall–Kier alpha value is -14.8. The second-order valence-electron chi connectivity index (χ2n) is 26.9. The molecule has 6 aromatic carbocycles. The monoisotopic (exact) mass is 1780 g/mol. The number of methoxy groups -OCH3 is 1. The molecule has 1 fully saturated rings. The number of aromatic nitrogens is 13. The average molecular weight is 1780 g/mol. The predicted octanol–water partition coefficient (Wildman–Crippen LogP) is 15.8. The molecule has 1 aliphatic heterocycles. The molecule has 1 unspecified atom stereocenters. The fourth-order valence-electron chi connectivity index (χ4n) is 12.1. The lowest BCUT2D eigenvalue weighted by atomic mass is 9.92. The zero-order valence-corrected chi connectivity index (χ0v) is 65.7. The number of anilines is 3. The third-order valence-corrected chi connectivity index (χ3v) is 20.0. The van der Waals surface area contributed by atoms with Gasteiger partial charge in [-0.2, -0.15) is 101 Å². The summed E-state index contributed by atoms with van der Waals surface area (Å²) in [6.45, 7) is 1.88. The van der Waals surface area contributed by atoms with Crippen LogP contribution in [-0.4, -0.2) is 149 Å². The van der Waals surface area contributed by atoms with Crippen LogP contribution in [0.3, 0.4) is 0 Å². The van der Waals surface area contributed by atoms with E-state index in [1.165, 1.54) is 98.1 Å². The van der Waals surface area contributed by atoms with Crippen LogP contribution >= 0.6 is 0 Å². The summed E-state index contributed by atoms with van der Waals surface area (Å²) in [4.78, 5) is 64.9. The molecule has 0 radical (unpaired) electrons. The molecule has 8 aromatic heterocycles. The Labute approximate surface area is 701 Å². The van der Waals surface area contributed by atoms with Crippen LogP contribution in [0, 0.1) is 0 Å². The van der Waals surface area contributed by atoms with E-state index < -0.39 is 86.6 Å². The predicted molar refractivity (Wildman–Crippen MR) is 419 cm³/mol. The highest BCUT2D eigenvalue weighted by Crippen LogP contribution is 2.52. The number of nitrogens with one attached hydrogen (secondary N) is 2. The number of ether oxygens (including phenoxy) is 1. The summed E-state index contributed by atoms with van der Waals surface area (Å²) in [6.07, 6.45) is -14.0. The number of para-hydroxylation sites is 2. The number of sulfonamides is 1. The van der Waals surface area contributed by atoms with Crippen molar-refractivity contribution in [3.8, 4) is 79.2 Å². The van der Waals surface area contributed by atoms with E-state index in [1.54, 1.807) is 48.8 Å². The SMILES string of the molecule is CC(=O)Nc1cc(-c2ccncc2)nn1-c1ccc(C(O)(C(F)(F)F)C(F)(F)F)cc1.COc1ccc(S(=O)(=O)Nc2cc(-c3ccncc3)nn2-c2ccc(C(C)(O)C(F)(F)F)cc2)cc1.O=C1CCC(=O)N1c1cc(-c2ccncc2)nn1-c1ccc(C(O)(C(F)(F)F)C(F)(F)F)cc1.O=C=O.c1ccc(-n2cc(-c3ccn(-c4ccccc4)n3)cn2)cc1. The number of alkyl halides is 15. The minimum atomic E-state index is -6.04. The number of nitrogens with zero attached hydrogens (tertiary/aromatic N) is 14. The Kier molecular flexibility index (Phi) is 27.1. The zero-order valence-electron chi connectivity index (χ0n) is 64.8. The summed E-state index contributed by atoms with van der Waals surface area (Å²) in [7, 11) is -2.60. The maximum Gasteiger partial charge on any atom is 0.430 e. The molecule has 3 amide bonds. The van der Waals surface area contributed by atoms with Gasteiger partial charge in [0.05, 0.1) is 69.4 Å². The van der Waals surface area contributed by atoms with Crippen molar-refractivity contribution in [1.82, 2.24) is 63.9 Å². The summed E-state index contributed by atoms with van der Waals surface area (Å²) in [5, 5.41) is 53.6. The van der Waals surface area contributed by atoms with Crippen LogP contribution in [-0.2, 0) is 50.8 Å². The summed E-state index contributed by atoms with van der Waals surface area (Å²) in [5.41, 5.74) is -9.31. The second-order valence-corrected chi connectivity index (χ2v) is 28.6. The van der Waals surface area contributed by atoms with Gasteiger partial charge >= 0.3 is 37.0 Å². The Morgan fingerprint density at radius 1 is 0.444 bits per heavy atom. The van der Waals surface area contributed by atoms with Crippen molar-refractivity contribution in [2.24, 2.45) is 0 Å². The van der Waals surface area contributed by atoms with Gasteiger partial charge in [0.2, 0.25) is 17.7 Å². The average Bonchev–Trinajstić information content (AvgIpc) is 0.948. The highest BCUT2D eigenvalue weighted by Gasteiger charge is 2.72. The standard InChI is InChI=1S/C24H21F3N4O4S.C21H14F6N4O3.C19H14F6N4O2.C18H14N4.CO2/c1-23(32,24(25,26)27)17-3-5-18(6-4-17)31-22(15-21(29-31)16-11-13-28-14-12-16)30-36(33,34)20-9-7-19(35-2)8-10-20;22-20(23,24)19(34,21(25,26)27)13-1-3-14(4-2-13)31-16(30-17(32)5-6-18(30)33)11-15(29-31)12-7-9-28-10-8-12;1-11(30)27-16-10-15(12-6-8-26-9-7-12)28-29(16)14-4-2-13(3-5-14)17(31,18(20,21)22)19(23,24)25;1-3-7-16(8-4-1)21-12-11-18(20-21)15-13-19-22(14-15)17-9-5-2-6-10-17;2-1-3/h3-15,30,32H,1-2H3;1-4,7-11,34H,5-6H2;2-10,31H,1H3,(H,27,30);1-14H;. The smallest absolute Gasteiger partial charge is 0.430 e. The van der Waals surface area contributed by atoms with Crippen LogP contribution in [0.25, 0.3) is 73.5 Å². The maximum atomic E-state index is 13.2. The van der Waals surface area contributed by atoms with Crippen molar-refractivity contribution in [2.75, 3.05) is 22.0 Å². The van der Waals surface area contributed by atoms with Crippen molar-refractivity contribution < 1.29 is 118 Å². The van der Waals surface area contributed by atoms with Crippen molar-refractivity contribution in [3.63, 3.8) is 0 Å². The number of aliphatic hydroxyl groups is 3. The number of hydrogen-bond donors (Lipinski definition) is 5. The molecule has 1 saturated heterocycles. The topological polar surface area (TPSA) is 344 Å². The lowest BCUT2D eigenvalue weighted by Crippen LogP contribution is -2.53. The number of rotatable bonds is 18. The zero-order chi connectivity index (χ0) is 91.5. The molecular formula is C83H63F15N16O11S. The largest absolute Gasteiger partial charge is 0.497 e. The highest BCUT2D eigenvalue weighted by molar-refractivity contribution is 7.92. The lowest BCUT2D eigenvalue weighted by molar-refractivity contribution is -0.376. The van der Waals surface area contributed by atoms with Gasteiger partial charge in [0, 0.05) is 121 Å². The highest BCUT2D eigenvalue weighted by atomic mass is 32.2. The molecule has 0 aliphatic carbocycles. The summed E-state index contributed by atoms with van der Waals surface area (Å²) in [5.74, 6) is -0.910. The van der Waals surface area contributed by atoms with Gasteiger partial charge in [-0.15, -0.1) is 0 Å². The Morgan fingerprint density at radius 3 is 1.23 bits per heavy atom. The molecule has 43 heteroatoms. The summed E-state index contributed by atoms with van der Waals surface area (Å²) < 4.78 is 238. The third-order valence-electron chi connectivity index (χ3n) is 18.7. The van der Waals surface area contributed by atoms with E-state index in [2.05, 4.69) is 50.5 Å². The van der Waals surface area contributed by atoms with Gasteiger partial charge in [0.1, 0.15) is 23.2 Å². The van der Waals surface area contributed by atoms with Crippen molar-refractivity contribution in [2.45, 2.75) is 79.3 Å².